The fourth-order valence-corrected chi connectivity index (χ4v) is 3.96. The van der Waals surface area contributed by atoms with E-state index in [-0.39, 0.29) is 12.6 Å². The van der Waals surface area contributed by atoms with Gasteiger partial charge in [-0.25, -0.2) is 4.79 Å². The average Bonchev–Trinajstić information content (AvgIpc) is 2.83. The van der Waals surface area contributed by atoms with E-state index in [2.05, 4.69) is 15.9 Å². The third-order valence-corrected chi connectivity index (χ3v) is 5.63. The van der Waals surface area contributed by atoms with Gasteiger partial charge < -0.3 is 24.2 Å². The minimum absolute atomic E-state index is 0.177. The summed E-state index contributed by atoms with van der Waals surface area (Å²) < 4.78 is 16.4. The zero-order valence-electron chi connectivity index (χ0n) is 19.7. The Bertz CT molecular complexity index is 938. The zero-order chi connectivity index (χ0) is 23.6. The second kappa shape index (κ2) is 12.3. The number of methoxy groups -OCH3 is 1. The van der Waals surface area contributed by atoms with Crippen LogP contribution in [0.15, 0.2) is 54.6 Å². The molecule has 1 aliphatic rings. The Hall–Kier alpha value is -3.03. The molecular formula is C26H34N2O5. The Labute approximate surface area is 196 Å². The molecule has 1 N–H and O–H groups in total. The highest BCUT2D eigenvalue weighted by atomic mass is 16.5. The van der Waals surface area contributed by atoms with E-state index in [1.165, 1.54) is 6.08 Å². The second-order valence-electron chi connectivity index (χ2n) is 8.00. The molecule has 1 fully saturated rings. The van der Waals surface area contributed by atoms with Gasteiger partial charge in [-0.3, -0.25) is 4.90 Å². The molecule has 0 aromatic heterocycles. The van der Waals surface area contributed by atoms with Crippen molar-refractivity contribution in [2.75, 3.05) is 57.9 Å². The number of piperazine rings is 1. The van der Waals surface area contributed by atoms with Crippen molar-refractivity contribution in [3.8, 4) is 11.5 Å². The molecule has 1 unspecified atom stereocenters. The quantitative estimate of drug-likeness (QED) is 0.437. The molecule has 1 aliphatic heterocycles. The third-order valence-electron chi connectivity index (χ3n) is 5.63. The number of aliphatic hydroxyl groups is 1. The van der Waals surface area contributed by atoms with Gasteiger partial charge in [-0.15, -0.1) is 0 Å². The van der Waals surface area contributed by atoms with E-state index in [4.69, 9.17) is 14.2 Å². The van der Waals surface area contributed by atoms with Crippen LogP contribution in [-0.2, 0) is 9.53 Å². The molecule has 0 aliphatic carbocycles. The first-order valence-corrected chi connectivity index (χ1v) is 11.4. The Morgan fingerprint density at radius 2 is 1.73 bits per heavy atom. The topological polar surface area (TPSA) is 71.5 Å². The first kappa shape index (κ1) is 24.6. The van der Waals surface area contributed by atoms with Crippen molar-refractivity contribution in [1.82, 2.24) is 4.90 Å². The number of anilines is 1. The highest BCUT2D eigenvalue weighted by Gasteiger charge is 2.21. The summed E-state index contributed by atoms with van der Waals surface area (Å²) in [4.78, 5) is 16.3. The maximum atomic E-state index is 11.8. The summed E-state index contributed by atoms with van der Waals surface area (Å²) in [6, 6.07) is 15.5. The van der Waals surface area contributed by atoms with Crippen LogP contribution in [0.2, 0.25) is 0 Å². The smallest absolute Gasteiger partial charge is 0.331 e. The molecule has 0 radical (unpaired) electrons. The molecule has 33 heavy (non-hydrogen) atoms. The van der Waals surface area contributed by atoms with E-state index >= 15 is 0 Å². The average molecular weight is 455 g/mol. The standard InChI is InChI=1S/C26H34N2O5/c1-4-32-26(30)17-20(2)22-9-5-7-11-24(22)33-19-21(29)18-27-13-15-28(16-14-27)23-10-6-8-12-25(23)31-3/h5-12,17,21,29H,4,13-16,18-19H2,1-3H3. The van der Waals surface area contributed by atoms with Crippen LogP contribution >= 0.6 is 0 Å². The van der Waals surface area contributed by atoms with Crippen LogP contribution in [0.5, 0.6) is 11.5 Å². The predicted octanol–water partition coefficient (Wildman–Crippen LogP) is 3.22. The molecule has 0 saturated carbocycles. The van der Waals surface area contributed by atoms with E-state index < -0.39 is 6.10 Å². The Balaban J connectivity index is 1.51. The summed E-state index contributed by atoms with van der Waals surface area (Å²) in [6.07, 6.45) is 0.841. The van der Waals surface area contributed by atoms with Crippen molar-refractivity contribution < 1.29 is 24.1 Å². The molecule has 0 bridgehead atoms. The van der Waals surface area contributed by atoms with Crippen LogP contribution < -0.4 is 14.4 Å². The fourth-order valence-electron chi connectivity index (χ4n) is 3.96. The Morgan fingerprint density at radius 1 is 1.06 bits per heavy atom. The minimum Gasteiger partial charge on any atom is -0.495 e. The summed E-state index contributed by atoms with van der Waals surface area (Å²) in [5, 5.41) is 10.6. The lowest BCUT2D eigenvalue weighted by molar-refractivity contribution is -0.137. The van der Waals surface area contributed by atoms with Crippen LogP contribution in [0.1, 0.15) is 19.4 Å². The summed E-state index contributed by atoms with van der Waals surface area (Å²) in [7, 11) is 1.69. The molecule has 2 aromatic rings. The van der Waals surface area contributed by atoms with Gasteiger partial charge in [-0.05, 0) is 37.6 Å². The van der Waals surface area contributed by atoms with E-state index in [1.807, 2.05) is 49.4 Å². The number of para-hydroxylation sites is 3. The summed E-state index contributed by atoms with van der Waals surface area (Å²) in [5.74, 6) is 1.14. The lowest BCUT2D eigenvalue weighted by atomic mass is 10.1. The Morgan fingerprint density at radius 3 is 2.42 bits per heavy atom. The van der Waals surface area contributed by atoms with Crippen LogP contribution in [-0.4, -0.2) is 75.1 Å². The van der Waals surface area contributed by atoms with Crippen LogP contribution in [0.4, 0.5) is 5.69 Å². The van der Waals surface area contributed by atoms with Crippen molar-refractivity contribution in [2.24, 2.45) is 0 Å². The number of allylic oxidation sites excluding steroid dienone is 1. The van der Waals surface area contributed by atoms with Gasteiger partial charge >= 0.3 is 5.97 Å². The molecule has 0 spiro atoms. The summed E-state index contributed by atoms with van der Waals surface area (Å²) >= 11 is 0. The van der Waals surface area contributed by atoms with E-state index in [0.717, 1.165) is 48.8 Å². The number of nitrogens with zero attached hydrogens (tertiary/aromatic N) is 2. The molecule has 178 valence electrons. The van der Waals surface area contributed by atoms with Gasteiger partial charge in [0.25, 0.3) is 0 Å². The van der Waals surface area contributed by atoms with Gasteiger partial charge in [0.2, 0.25) is 0 Å². The normalized spacial score (nSPS) is 15.8. The van der Waals surface area contributed by atoms with Gasteiger partial charge in [-0.1, -0.05) is 30.3 Å². The number of β-amino-alcohol motifs (C(OH)–C–C–N with tert-alkyl or cyclic N) is 1. The predicted molar refractivity (Wildman–Crippen MR) is 130 cm³/mol. The van der Waals surface area contributed by atoms with Crippen LogP contribution in [0.25, 0.3) is 5.57 Å². The first-order chi connectivity index (χ1) is 16.0. The fraction of sp³-hybridized carbons (Fsp3) is 0.423. The summed E-state index contributed by atoms with van der Waals surface area (Å²) in [6.45, 7) is 8.12. The Kier molecular flexibility index (Phi) is 9.15. The third kappa shape index (κ3) is 6.97. The molecule has 0 amide bonds. The van der Waals surface area contributed by atoms with Gasteiger partial charge in [0, 0.05) is 44.4 Å². The van der Waals surface area contributed by atoms with Crippen LogP contribution in [0, 0.1) is 0 Å². The van der Waals surface area contributed by atoms with Gasteiger partial charge in [0.05, 0.1) is 19.4 Å². The van der Waals surface area contributed by atoms with Crippen LogP contribution in [0.3, 0.4) is 0 Å². The van der Waals surface area contributed by atoms with Crippen molar-refractivity contribution >= 4 is 17.2 Å². The maximum Gasteiger partial charge on any atom is 0.331 e. The number of benzene rings is 2. The minimum atomic E-state index is -0.620. The highest BCUT2D eigenvalue weighted by Crippen LogP contribution is 2.28. The number of hydrogen-bond acceptors (Lipinski definition) is 7. The summed E-state index contributed by atoms with van der Waals surface area (Å²) in [5.41, 5.74) is 2.67. The molecule has 7 heteroatoms. The van der Waals surface area contributed by atoms with Crippen molar-refractivity contribution in [3.05, 3.63) is 60.2 Å². The monoisotopic (exact) mass is 454 g/mol. The number of esters is 1. The van der Waals surface area contributed by atoms with E-state index in [1.54, 1.807) is 14.0 Å². The SMILES string of the molecule is CCOC(=O)C=C(C)c1ccccc1OCC(O)CN1CCN(c2ccccc2OC)CC1. The molecule has 7 nitrogen and oxygen atoms in total. The number of aliphatic hydroxyl groups excluding tert-OH is 1. The number of carbonyl (C=O) groups is 1. The van der Waals surface area contributed by atoms with Gasteiger partial charge in [-0.2, -0.15) is 0 Å². The zero-order valence-corrected chi connectivity index (χ0v) is 19.7. The number of hydrogen-bond donors (Lipinski definition) is 1. The number of ether oxygens (including phenoxy) is 3. The number of rotatable bonds is 10. The molecule has 1 atom stereocenters. The maximum absolute atomic E-state index is 11.8. The molecule has 1 heterocycles. The molecule has 1 saturated heterocycles. The van der Waals surface area contributed by atoms with Crippen molar-refractivity contribution in [3.63, 3.8) is 0 Å². The highest BCUT2D eigenvalue weighted by molar-refractivity contribution is 5.91. The lowest BCUT2D eigenvalue weighted by Gasteiger charge is -2.37. The van der Waals surface area contributed by atoms with E-state index in [9.17, 15) is 9.90 Å². The lowest BCUT2D eigenvalue weighted by Crippen LogP contribution is -2.49. The molecule has 2 aromatic carbocycles. The second-order valence-corrected chi connectivity index (χ2v) is 8.00. The van der Waals surface area contributed by atoms with Gasteiger partial charge in [0.15, 0.2) is 0 Å². The molecule has 3 rings (SSSR count). The van der Waals surface area contributed by atoms with Gasteiger partial charge in [0.1, 0.15) is 24.2 Å². The largest absolute Gasteiger partial charge is 0.495 e. The van der Waals surface area contributed by atoms with Crippen molar-refractivity contribution in [2.45, 2.75) is 20.0 Å². The first-order valence-electron chi connectivity index (χ1n) is 11.4. The van der Waals surface area contributed by atoms with E-state index in [0.29, 0.717) is 18.9 Å². The number of carbonyl (C=O) groups excluding carboxylic acids is 1. The molecular weight excluding hydrogens is 420 g/mol. The van der Waals surface area contributed by atoms with Crippen molar-refractivity contribution in [1.29, 1.82) is 0 Å².